The highest BCUT2D eigenvalue weighted by molar-refractivity contribution is 5.87. The maximum Gasteiger partial charge on any atom is 0.224 e. The van der Waals surface area contributed by atoms with Gasteiger partial charge in [-0.2, -0.15) is 15.1 Å². The van der Waals surface area contributed by atoms with Crippen LogP contribution >= 0.6 is 0 Å². The van der Waals surface area contributed by atoms with Gasteiger partial charge in [0.1, 0.15) is 5.82 Å². The molecule has 0 radical (unpaired) electrons. The predicted molar refractivity (Wildman–Crippen MR) is 75.9 cm³/mol. The number of rotatable bonds is 2. The van der Waals surface area contributed by atoms with Crippen LogP contribution in [-0.4, -0.2) is 32.8 Å². The second kappa shape index (κ2) is 4.68. The van der Waals surface area contributed by atoms with E-state index in [9.17, 15) is 0 Å². The fraction of sp³-hybridized carbons (Fsp3) is 0.615. The van der Waals surface area contributed by atoms with E-state index in [1.807, 2.05) is 0 Å². The molecule has 3 N–H and O–H groups in total. The van der Waals surface area contributed by atoms with Crippen molar-refractivity contribution in [2.24, 2.45) is 5.92 Å². The Labute approximate surface area is 112 Å². The summed E-state index contributed by atoms with van der Waals surface area (Å²) in [5.74, 6) is 1.91. The second-order valence-electron chi connectivity index (χ2n) is 5.43. The zero-order chi connectivity index (χ0) is 13.4. The van der Waals surface area contributed by atoms with Crippen LogP contribution in [0.3, 0.4) is 0 Å². The summed E-state index contributed by atoms with van der Waals surface area (Å²) in [4.78, 5) is 11.0. The molecule has 0 saturated carbocycles. The van der Waals surface area contributed by atoms with Gasteiger partial charge in [0.25, 0.3) is 0 Å². The third-order valence-electron chi connectivity index (χ3n) is 3.99. The average molecular weight is 260 g/mol. The molecule has 1 fully saturated rings. The number of H-pyrrole nitrogens is 1. The SMILES string of the molecule is CCC1CCC(C)CN1c1nc(N)nc2[nH]ncc12. The first-order valence-electron chi connectivity index (χ1n) is 6.92. The van der Waals surface area contributed by atoms with E-state index < -0.39 is 0 Å². The smallest absolute Gasteiger partial charge is 0.224 e. The number of anilines is 2. The Morgan fingerprint density at radius 3 is 3.05 bits per heavy atom. The summed E-state index contributed by atoms with van der Waals surface area (Å²) in [5, 5.41) is 7.89. The van der Waals surface area contributed by atoms with Gasteiger partial charge in [-0.1, -0.05) is 13.8 Å². The number of piperidine rings is 1. The highest BCUT2D eigenvalue weighted by atomic mass is 15.3. The van der Waals surface area contributed by atoms with E-state index in [2.05, 4.69) is 38.9 Å². The molecular formula is C13H20N6. The molecule has 2 atom stereocenters. The van der Waals surface area contributed by atoms with Gasteiger partial charge < -0.3 is 10.6 Å². The highest BCUT2D eigenvalue weighted by Gasteiger charge is 2.28. The molecule has 1 aliphatic rings. The lowest BCUT2D eigenvalue weighted by Crippen LogP contribution is -2.43. The van der Waals surface area contributed by atoms with Gasteiger partial charge in [-0.05, 0) is 25.2 Å². The van der Waals surface area contributed by atoms with Crippen molar-refractivity contribution in [3.05, 3.63) is 6.20 Å². The van der Waals surface area contributed by atoms with Gasteiger partial charge in [-0.3, -0.25) is 5.10 Å². The summed E-state index contributed by atoms with van der Waals surface area (Å²) in [6.07, 6.45) is 5.40. The summed E-state index contributed by atoms with van der Waals surface area (Å²) >= 11 is 0. The number of hydrogen-bond acceptors (Lipinski definition) is 5. The molecule has 6 heteroatoms. The molecule has 3 rings (SSSR count). The van der Waals surface area contributed by atoms with Crippen LogP contribution in [0.4, 0.5) is 11.8 Å². The summed E-state index contributed by atoms with van der Waals surface area (Å²) < 4.78 is 0. The van der Waals surface area contributed by atoms with Crippen LogP contribution in [0.25, 0.3) is 11.0 Å². The van der Waals surface area contributed by atoms with Crippen molar-refractivity contribution in [2.45, 2.75) is 39.2 Å². The lowest BCUT2D eigenvalue weighted by atomic mass is 9.92. The van der Waals surface area contributed by atoms with Crippen molar-refractivity contribution in [3.63, 3.8) is 0 Å². The Bertz CT molecular complexity index is 578. The summed E-state index contributed by atoms with van der Waals surface area (Å²) in [7, 11) is 0. The van der Waals surface area contributed by atoms with Crippen LogP contribution in [0.15, 0.2) is 6.20 Å². The van der Waals surface area contributed by atoms with E-state index in [1.165, 1.54) is 12.8 Å². The first kappa shape index (κ1) is 12.2. The van der Waals surface area contributed by atoms with Crippen LogP contribution in [0.1, 0.15) is 33.1 Å². The molecule has 0 bridgehead atoms. The first-order chi connectivity index (χ1) is 9.19. The van der Waals surface area contributed by atoms with Crippen LogP contribution in [-0.2, 0) is 0 Å². The Morgan fingerprint density at radius 2 is 2.26 bits per heavy atom. The molecule has 3 heterocycles. The number of nitrogens with two attached hydrogens (primary N) is 1. The molecule has 0 spiro atoms. The van der Waals surface area contributed by atoms with Crippen LogP contribution in [0.5, 0.6) is 0 Å². The van der Waals surface area contributed by atoms with Crippen LogP contribution in [0, 0.1) is 5.92 Å². The molecule has 6 nitrogen and oxygen atoms in total. The number of nitrogens with zero attached hydrogens (tertiary/aromatic N) is 4. The molecule has 2 aromatic heterocycles. The predicted octanol–water partition coefficient (Wildman–Crippen LogP) is 1.95. The van der Waals surface area contributed by atoms with Crippen LogP contribution in [0.2, 0.25) is 0 Å². The Hall–Kier alpha value is -1.85. The van der Waals surface area contributed by atoms with Crippen molar-refractivity contribution in [1.82, 2.24) is 20.2 Å². The maximum absolute atomic E-state index is 5.82. The number of aromatic nitrogens is 4. The van der Waals surface area contributed by atoms with Gasteiger partial charge >= 0.3 is 0 Å². The van der Waals surface area contributed by atoms with Gasteiger partial charge in [-0.15, -0.1) is 0 Å². The van der Waals surface area contributed by atoms with Gasteiger partial charge in [0, 0.05) is 12.6 Å². The highest BCUT2D eigenvalue weighted by Crippen LogP contribution is 2.32. The average Bonchev–Trinajstić information content (AvgIpc) is 2.85. The van der Waals surface area contributed by atoms with Gasteiger partial charge in [-0.25, -0.2) is 0 Å². The number of fused-ring (bicyclic) bond motifs is 1. The molecule has 0 aliphatic carbocycles. The number of nitrogen functional groups attached to an aromatic ring is 1. The van der Waals surface area contributed by atoms with Gasteiger partial charge in [0.2, 0.25) is 5.95 Å². The van der Waals surface area contributed by atoms with E-state index in [0.717, 1.165) is 29.8 Å². The monoisotopic (exact) mass is 260 g/mol. The lowest BCUT2D eigenvalue weighted by molar-refractivity contribution is 0.368. The van der Waals surface area contributed by atoms with Crippen molar-refractivity contribution < 1.29 is 0 Å². The molecule has 0 amide bonds. The van der Waals surface area contributed by atoms with E-state index in [4.69, 9.17) is 5.73 Å². The summed E-state index contributed by atoms with van der Waals surface area (Å²) in [6, 6.07) is 0.531. The van der Waals surface area contributed by atoms with Gasteiger partial charge in [0.05, 0.1) is 11.6 Å². The molecule has 1 aliphatic heterocycles. The molecular weight excluding hydrogens is 240 g/mol. The fourth-order valence-electron chi connectivity index (χ4n) is 2.95. The molecule has 102 valence electrons. The largest absolute Gasteiger partial charge is 0.368 e. The minimum Gasteiger partial charge on any atom is -0.368 e. The standard InChI is InChI=1S/C13H20N6/c1-3-9-5-4-8(2)7-19(9)12-10-6-15-18-11(10)16-13(14)17-12/h6,8-9H,3-5,7H2,1-2H3,(H3,14,15,16,17,18). The molecule has 19 heavy (non-hydrogen) atoms. The van der Waals surface area contributed by atoms with E-state index >= 15 is 0 Å². The normalized spacial score (nSPS) is 24.0. The third kappa shape index (κ3) is 2.11. The van der Waals surface area contributed by atoms with Gasteiger partial charge in [0.15, 0.2) is 5.65 Å². The van der Waals surface area contributed by atoms with E-state index in [-0.39, 0.29) is 0 Å². The summed E-state index contributed by atoms with van der Waals surface area (Å²) in [5.41, 5.74) is 6.53. The second-order valence-corrected chi connectivity index (χ2v) is 5.43. The zero-order valence-corrected chi connectivity index (χ0v) is 11.4. The fourth-order valence-corrected chi connectivity index (χ4v) is 2.95. The zero-order valence-electron chi connectivity index (χ0n) is 11.4. The first-order valence-corrected chi connectivity index (χ1v) is 6.92. The van der Waals surface area contributed by atoms with E-state index in [1.54, 1.807) is 6.20 Å². The van der Waals surface area contributed by atoms with Crippen LogP contribution < -0.4 is 10.6 Å². The topological polar surface area (TPSA) is 83.7 Å². The minimum absolute atomic E-state index is 0.305. The number of nitrogens with one attached hydrogen (secondary N) is 1. The molecule has 0 aromatic carbocycles. The minimum atomic E-state index is 0.305. The number of aromatic amines is 1. The van der Waals surface area contributed by atoms with Crippen molar-refractivity contribution in [3.8, 4) is 0 Å². The Morgan fingerprint density at radius 1 is 1.42 bits per heavy atom. The van der Waals surface area contributed by atoms with Crippen molar-refractivity contribution in [2.75, 3.05) is 17.2 Å². The molecule has 1 saturated heterocycles. The Kier molecular flexibility index (Phi) is 3.00. The summed E-state index contributed by atoms with van der Waals surface area (Å²) in [6.45, 7) is 5.54. The Balaban J connectivity index is 2.08. The number of hydrogen-bond donors (Lipinski definition) is 2. The van der Waals surface area contributed by atoms with Crippen molar-refractivity contribution in [1.29, 1.82) is 0 Å². The quantitative estimate of drug-likeness (QED) is 0.862. The molecule has 2 unspecified atom stereocenters. The molecule has 2 aromatic rings. The lowest BCUT2D eigenvalue weighted by Gasteiger charge is -2.39. The maximum atomic E-state index is 5.82. The van der Waals surface area contributed by atoms with Crippen molar-refractivity contribution >= 4 is 22.8 Å². The third-order valence-corrected chi connectivity index (χ3v) is 3.99. The van der Waals surface area contributed by atoms with E-state index in [0.29, 0.717) is 17.9 Å².